The lowest BCUT2D eigenvalue weighted by molar-refractivity contribution is 0.531. The predicted molar refractivity (Wildman–Crippen MR) is 108 cm³/mol. The zero-order chi connectivity index (χ0) is 16.5. The predicted octanol–water partition coefficient (Wildman–Crippen LogP) is 8.59. The normalized spacial score (nSPS) is 12.0. The van der Waals surface area contributed by atoms with Crippen molar-refractivity contribution in [1.29, 1.82) is 0 Å². The minimum atomic E-state index is -0.764. The van der Waals surface area contributed by atoms with Crippen LogP contribution in [-0.2, 0) is 0 Å². The summed E-state index contributed by atoms with van der Waals surface area (Å²) in [6.45, 7) is 9.79. The lowest BCUT2D eigenvalue weighted by Gasteiger charge is -2.14. The van der Waals surface area contributed by atoms with Gasteiger partial charge in [-0.25, -0.2) is 0 Å². The quantitative estimate of drug-likeness (QED) is 0.185. The molecule has 0 heterocycles. The van der Waals surface area contributed by atoms with Crippen LogP contribution in [0.1, 0.15) is 110 Å². The molecule has 0 aliphatic rings. The first-order valence-corrected chi connectivity index (χ1v) is 14.3. The van der Waals surface area contributed by atoms with Crippen molar-refractivity contribution < 1.29 is 0 Å². The van der Waals surface area contributed by atoms with Gasteiger partial charge in [0.2, 0.25) is 0 Å². The Kier molecular flexibility index (Phi) is 16.2. The maximum atomic E-state index is 2.50. The summed E-state index contributed by atoms with van der Waals surface area (Å²) >= 11 is 0. The molecule has 0 aliphatic heterocycles. The highest BCUT2D eigenvalue weighted by Gasteiger charge is 2.11. The van der Waals surface area contributed by atoms with Crippen molar-refractivity contribution in [1.82, 2.24) is 0 Å². The second-order valence-corrected chi connectivity index (χ2v) is 14.2. The zero-order valence-electron chi connectivity index (χ0n) is 16.5. The molecule has 0 N–H and O–H groups in total. The molecule has 0 aromatic carbocycles. The molecule has 0 nitrogen and oxygen atoms in total. The van der Waals surface area contributed by atoms with Crippen molar-refractivity contribution >= 4 is 8.07 Å². The van der Waals surface area contributed by atoms with Crippen molar-refractivity contribution in [2.75, 3.05) is 0 Å². The summed E-state index contributed by atoms with van der Waals surface area (Å²) in [6.07, 6.45) is 23.6. The topological polar surface area (TPSA) is 0 Å². The molecule has 22 heavy (non-hydrogen) atoms. The molecule has 0 spiro atoms. The summed E-state index contributed by atoms with van der Waals surface area (Å²) in [5.41, 5.74) is 0. The molecular formula is C21H46Si. The van der Waals surface area contributed by atoms with Gasteiger partial charge >= 0.3 is 0 Å². The molecule has 1 heteroatoms. The van der Waals surface area contributed by atoms with Gasteiger partial charge in [0, 0.05) is 8.07 Å². The van der Waals surface area contributed by atoms with E-state index in [1.165, 1.54) is 109 Å². The van der Waals surface area contributed by atoms with E-state index in [0.29, 0.717) is 0 Å². The molecular weight excluding hydrogens is 280 g/mol. The van der Waals surface area contributed by atoms with E-state index in [0.717, 1.165) is 0 Å². The van der Waals surface area contributed by atoms with Crippen LogP contribution >= 0.6 is 0 Å². The van der Waals surface area contributed by atoms with Crippen molar-refractivity contribution in [3.05, 3.63) is 0 Å². The fourth-order valence-electron chi connectivity index (χ4n) is 3.20. The molecule has 0 saturated carbocycles. The molecule has 0 unspecified atom stereocenters. The highest BCUT2D eigenvalue weighted by atomic mass is 28.3. The van der Waals surface area contributed by atoms with Crippen molar-refractivity contribution in [2.45, 2.75) is 135 Å². The van der Waals surface area contributed by atoms with E-state index >= 15 is 0 Å². The summed E-state index contributed by atoms with van der Waals surface area (Å²) in [5, 5.41) is 0. The molecule has 0 aromatic rings. The van der Waals surface area contributed by atoms with E-state index in [-0.39, 0.29) is 0 Å². The van der Waals surface area contributed by atoms with Gasteiger partial charge in [-0.15, -0.1) is 0 Å². The van der Waals surface area contributed by atoms with Gasteiger partial charge in [-0.3, -0.25) is 0 Å². The minimum absolute atomic E-state index is 0.764. The Balaban J connectivity index is 3.00. The fraction of sp³-hybridized carbons (Fsp3) is 1.00. The van der Waals surface area contributed by atoms with E-state index in [9.17, 15) is 0 Å². The van der Waals surface area contributed by atoms with Gasteiger partial charge in [-0.05, 0) is 0 Å². The smallest absolute Gasteiger partial charge is 0.0442 e. The van der Waals surface area contributed by atoms with Crippen LogP contribution in [0.5, 0.6) is 0 Å². The molecule has 0 rings (SSSR count). The third kappa shape index (κ3) is 20.2. The molecule has 134 valence electrons. The second kappa shape index (κ2) is 16.1. The lowest BCUT2D eigenvalue weighted by atomic mass is 10.0. The zero-order valence-corrected chi connectivity index (χ0v) is 17.5. The van der Waals surface area contributed by atoms with Crippen molar-refractivity contribution in [2.24, 2.45) is 0 Å². The van der Waals surface area contributed by atoms with E-state index < -0.39 is 8.07 Å². The second-order valence-electron chi connectivity index (χ2n) is 8.61. The van der Waals surface area contributed by atoms with Crippen LogP contribution in [0.2, 0.25) is 25.7 Å². The van der Waals surface area contributed by atoms with Crippen LogP contribution < -0.4 is 0 Å². The molecule has 0 aromatic heterocycles. The molecule has 0 bridgehead atoms. The highest BCUT2D eigenvalue weighted by Crippen LogP contribution is 2.16. The maximum absolute atomic E-state index is 2.50. The third-order valence-electron chi connectivity index (χ3n) is 4.78. The van der Waals surface area contributed by atoms with Crippen LogP contribution in [0, 0.1) is 0 Å². The molecule has 0 atom stereocenters. The first-order chi connectivity index (χ1) is 10.6. The van der Waals surface area contributed by atoms with E-state index in [1.54, 1.807) is 0 Å². The van der Waals surface area contributed by atoms with Crippen LogP contribution in [-0.4, -0.2) is 8.07 Å². The molecule has 0 fully saturated rings. The van der Waals surface area contributed by atoms with Gasteiger partial charge in [0.1, 0.15) is 0 Å². The summed E-state index contributed by atoms with van der Waals surface area (Å²) in [5.74, 6) is 0. The van der Waals surface area contributed by atoms with E-state index in [1.807, 2.05) is 0 Å². The Morgan fingerprint density at radius 2 is 0.682 bits per heavy atom. The van der Waals surface area contributed by atoms with Crippen LogP contribution in [0.15, 0.2) is 0 Å². The molecule has 0 amide bonds. The number of unbranched alkanes of at least 4 members (excludes halogenated alkanes) is 15. The summed E-state index contributed by atoms with van der Waals surface area (Å²) in [4.78, 5) is 0. The molecule has 0 aliphatic carbocycles. The average molecular weight is 327 g/mol. The standard InChI is InChI=1S/C21H46Si/c1-5-6-7-8-9-10-11-12-13-14-15-16-17-18-19-20-21-22(2,3)4/h5-21H2,1-4H3. The Morgan fingerprint density at radius 3 is 0.955 bits per heavy atom. The summed E-state index contributed by atoms with van der Waals surface area (Å²) in [7, 11) is -0.764. The van der Waals surface area contributed by atoms with Crippen LogP contribution in [0.4, 0.5) is 0 Å². The van der Waals surface area contributed by atoms with E-state index in [4.69, 9.17) is 0 Å². The highest BCUT2D eigenvalue weighted by molar-refractivity contribution is 6.76. The van der Waals surface area contributed by atoms with Gasteiger partial charge in [0.15, 0.2) is 0 Å². The Hall–Kier alpha value is 0.217. The van der Waals surface area contributed by atoms with Gasteiger partial charge < -0.3 is 0 Å². The summed E-state index contributed by atoms with van der Waals surface area (Å²) < 4.78 is 0. The lowest BCUT2D eigenvalue weighted by Crippen LogP contribution is -2.18. The summed E-state index contributed by atoms with van der Waals surface area (Å²) in [6, 6.07) is 1.53. The van der Waals surface area contributed by atoms with Crippen LogP contribution in [0.25, 0.3) is 0 Å². The van der Waals surface area contributed by atoms with Crippen molar-refractivity contribution in [3.8, 4) is 0 Å². The van der Waals surface area contributed by atoms with E-state index in [2.05, 4.69) is 26.6 Å². The number of rotatable bonds is 17. The molecule has 0 radical (unpaired) electrons. The first-order valence-electron chi connectivity index (χ1n) is 10.6. The largest absolute Gasteiger partial charge is 0.0695 e. The number of hydrogen-bond donors (Lipinski definition) is 0. The van der Waals surface area contributed by atoms with Gasteiger partial charge in [0.25, 0.3) is 0 Å². The van der Waals surface area contributed by atoms with Crippen molar-refractivity contribution in [3.63, 3.8) is 0 Å². The average Bonchev–Trinajstić information content (AvgIpc) is 2.45. The monoisotopic (exact) mass is 326 g/mol. The maximum Gasteiger partial charge on any atom is 0.0442 e. The first kappa shape index (κ1) is 22.2. The van der Waals surface area contributed by atoms with Gasteiger partial charge in [-0.1, -0.05) is 135 Å². The Bertz CT molecular complexity index is 204. The minimum Gasteiger partial charge on any atom is -0.0695 e. The van der Waals surface area contributed by atoms with Gasteiger partial charge in [-0.2, -0.15) is 0 Å². The van der Waals surface area contributed by atoms with Crippen LogP contribution in [0.3, 0.4) is 0 Å². The Morgan fingerprint density at radius 1 is 0.409 bits per heavy atom. The third-order valence-corrected chi connectivity index (χ3v) is 6.63. The fourth-order valence-corrected chi connectivity index (χ4v) is 4.51. The Labute approximate surface area is 143 Å². The SMILES string of the molecule is CCCCCCCCCCCCCCCCCC[Si](C)(C)C. The molecule has 0 saturated heterocycles. The van der Waals surface area contributed by atoms with Gasteiger partial charge in [0.05, 0.1) is 0 Å². The number of hydrogen-bond acceptors (Lipinski definition) is 0.